The standard InChI is InChI=1S/C10H7NO3/c11-6-5-10(13)8-4-2-1-3-7(8)9(12)14-10/h1-4,13H,5H2. The second-order valence-electron chi connectivity index (χ2n) is 3.05. The number of hydrogen-bond donors (Lipinski definition) is 1. The third-order valence-corrected chi connectivity index (χ3v) is 2.15. The number of benzene rings is 1. The molecule has 2 rings (SSSR count). The molecular weight excluding hydrogens is 182 g/mol. The monoisotopic (exact) mass is 189 g/mol. The van der Waals surface area contributed by atoms with Gasteiger partial charge in [0.15, 0.2) is 0 Å². The summed E-state index contributed by atoms with van der Waals surface area (Å²) in [5, 5.41) is 18.4. The number of rotatable bonds is 1. The number of esters is 1. The molecule has 0 aliphatic carbocycles. The van der Waals surface area contributed by atoms with Crippen LogP contribution in [0.5, 0.6) is 0 Å². The number of hydrogen-bond acceptors (Lipinski definition) is 4. The molecule has 1 aromatic rings. The number of aliphatic hydroxyl groups is 1. The van der Waals surface area contributed by atoms with E-state index in [1.807, 2.05) is 0 Å². The van der Waals surface area contributed by atoms with Crippen LogP contribution in [-0.2, 0) is 10.5 Å². The molecule has 0 radical (unpaired) electrons. The fourth-order valence-corrected chi connectivity index (χ4v) is 1.50. The molecule has 14 heavy (non-hydrogen) atoms. The first kappa shape index (κ1) is 8.73. The molecule has 1 aliphatic rings. The van der Waals surface area contributed by atoms with E-state index < -0.39 is 11.8 Å². The largest absolute Gasteiger partial charge is 0.424 e. The second kappa shape index (κ2) is 2.82. The number of ether oxygens (including phenoxy) is 1. The first-order chi connectivity index (χ1) is 6.67. The lowest BCUT2D eigenvalue weighted by molar-refractivity contribution is -0.158. The molecule has 1 unspecified atom stereocenters. The van der Waals surface area contributed by atoms with E-state index in [2.05, 4.69) is 0 Å². The van der Waals surface area contributed by atoms with Crippen LogP contribution in [0.3, 0.4) is 0 Å². The van der Waals surface area contributed by atoms with Crippen LogP contribution >= 0.6 is 0 Å². The van der Waals surface area contributed by atoms with Crippen molar-refractivity contribution in [2.75, 3.05) is 0 Å². The van der Waals surface area contributed by atoms with E-state index >= 15 is 0 Å². The molecule has 1 aromatic carbocycles. The van der Waals surface area contributed by atoms with Crippen molar-refractivity contribution in [3.05, 3.63) is 35.4 Å². The van der Waals surface area contributed by atoms with Gasteiger partial charge in [0.05, 0.1) is 11.6 Å². The fourth-order valence-electron chi connectivity index (χ4n) is 1.50. The quantitative estimate of drug-likeness (QED) is 0.667. The summed E-state index contributed by atoms with van der Waals surface area (Å²) >= 11 is 0. The summed E-state index contributed by atoms with van der Waals surface area (Å²) in [5.41, 5.74) is 0.691. The highest BCUT2D eigenvalue weighted by atomic mass is 16.7. The van der Waals surface area contributed by atoms with Crippen LogP contribution in [-0.4, -0.2) is 11.1 Å². The van der Waals surface area contributed by atoms with Gasteiger partial charge in [0.25, 0.3) is 5.79 Å². The Labute approximate surface area is 80.3 Å². The Balaban J connectivity index is 2.55. The van der Waals surface area contributed by atoms with Gasteiger partial charge in [-0.3, -0.25) is 0 Å². The molecule has 1 heterocycles. The molecule has 1 N–H and O–H groups in total. The molecule has 4 heteroatoms. The van der Waals surface area contributed by atoms with Crippen LogP contribution in [0.15, 0.2) is 24.3 Å². The summed E-state index contributed by atoms with van der Waals surface area (Å²) in [6.07, 6.45) is -0.254. The van der Waals surface area contributed by atoms with Crippen molar-refractivity contribution in [3.8, 4) is 6.07 Å². The van der Waals surface area contributed by atoms with Gasteiger partial charge in [-0.15, -0.1) is 0 Å². The highest BCUT2D eigenvalue weighted by Crippen LogP contribution is 2.36. The molecule has 70 valence electrons. The van der Waals surface area contributed by atoms with Gasteiger partial charge in [0, 0.05) is 5.56 Å². The smallest absolute Gasteiger partial charge is 0.341 e. The molecule has 1 atom stereocenters. The number of nitrogens with zero attached hydrogens (tertiary/aromatic N) is 1. The predicted octanol–water partition coefficient (Wildman–Crippen LogP) is 0.916. The zero-order chi connectivity index (χ0) is 10.2. The molecule has 1 aliphatic heterocycles. The van der Waals surface area contributed by atoms with E-state index in [4.69, 9.17) is 10.00 Å². The van der Waals surface area contributed by atoms with E-state index in [1.165, 1.54) is 0 Å². The summed E-state index contributed by atoms with van der Waals surface area (Å²) < 4.78 is 4.75. The Bertz CT molecular complexity index is 435. The SMILES string of the molecule is N#CCC1(O)OC(=O)c2ccccc21. The molecule has 0 amide bonds. The van der Waals surface area contributed by atoms with Crippen molar-refractivity contribution in [1.29, 1.82) is 5.26 Å². The summed E-state index contributed by atoms with van der Waals surface area (Å²) in [4.78, 5) is 11.3. The predicted molar refractivity (Wildman–Crippen MR) is 46.0 cm³/mol. The average molecular weight is 189 g/mol. The Hall–Kier alpha value is -1.86. The minimum absolute atomic E-state index is 0.254. The number of carbonyl (C=O) groups is 1. The maximum Gasteiger partial charge on any atom is 0.341 e. The van der Waals surface area contributed by atoms with Gasteiger partial charge in [0.2, 0.25) is 0 Å². The Morgan fingerprint density at radius 2 is 2.21 bits per heavy atom. The minimum atomic E-state index is -1.76. The van der Waals surface area contributed by atoms with Crippen LogP contribution in [0.4, 0.5) is 0 Å². The van der Waals surface area contributed by atoms with Gasteiger partial charge in [-0.05, 0) is 6.07 Å². The van der Waals surface area contributed by atoms with Gasteiger partial charge in [-0.2, -0.15) is 5.26 Å². The zero-order valence-electron chi connectivity index (χ0n) is 7.23. The minimum Gasteiger partial charge on any atom is -0.424 e. The van der Waals surface area contributed by atoms with Crippen molar-refractivity contribution in [3.63, 3.8) is 0 Å². The van der Waals surface area contributed by atoms with Crippen molar-refractivity contribution >= 4 is 5.97 Å². The Morgan fingerprint density at radius 3 is 2.93 bits per heavy atom. The van der Waals surface area contributed by atoms with Crippen molar-refractivity contribution < 1.29 is 14.6 Å². The lowest BCUT2D eigenvalue weighted by atomic mass is 10.0. The normalized spacial score (nSPS) is 23.9. The molecule has 0 fully saturated rings. The van der Waals surface area contributed by atoms with Crippen LogP contribution in [0.2, 0.25) is 0 Å². The van der Waals surface area contributed by atoms with Crippen LogP contribution in [0.25, 0.3) is 0 Å². The highest BCUT2D eigenvalue weighted by molar-refractivity contribution is 5.94. The van der Waals surface area contributed by atoms with Gasteiger partial charge >= 0.3 is 5.97 Å². The van der Waals surface area contributed by atoms with Gasteiger partial charge in [-0.25, -0.2) is 4.79 Å². The first-order valence-corrected chi connectivity index (χ1v) is 4.09. The summed E-state index contributed by atoms with van der Waals surface area (Å²) in [6, 6.07) is 8.29. The number of cyclic esters (lactones) is 1. The third-order valence-electron chi connectivity index (χ3n) is 2.15. The topological polar surface area (TPSA) is 70.3 Å². The van der Waals surface area contributed by atoms with E-state index in [0.29, 0.717) is 11.1 Å². The zero-order valence-corrected chi connectivity index (χ0v) is 7.23. The van der Waals surface area contributed by atoms with E-state index in [0.717, 1.165) is 0 Å². The Kier molecular flexibility index (Phi) is 1.76. The summed E-state index contributed by atoms with van der Waals surface area (Å²) in [7, 11) is 0. The maximum atomic E-state index is 11.3. The van der Waals surface area contributed by atoms with Crippen molar-refractivity contribution in [2.45, 2.75) is 12.2 Å². The second-order valence-corrected chi connectivity index (χ2v) is 3.05. The molecule has 0 bridgehead atoms. The number of nitriles is 1. The molecule has 0 saturated carbocycles. The molecule has 0 aromatic heterocycles. The molecule has 0 spiro atoms. The van der Waals surface area contributed by atoms with E-state index in [-0.39, 0.29) is 6.42 Å². The molecule has 4 nitrogen and oxygen atoms in total. The summed E-state index contributed by atoms with van der Waals surface area (Å²) in [6.45, 7) is 0. The van der Waals surface area contributed by atoms with Crippen molar-refractivity contribution in [1.82, 2.24) is 0 Å². The first-order valence-electron chi connectivity index (χ1n) is 4.09. The highest BCUT2D eigenvalue weighted by Gasteiger charge is 2.43. The molecule has 0 saturated heterocycles. The van der Waals surface area contributed by atoms with Gasteiger partial charge in [0.1, 0.15) is 6.42 Å². The fraction of sp³-hybridized carbons (Fsp3) is 0.200. The van der Waals surface area contributed by atoms with Crippen LogP contribution in [0, 0.1) is 11.3 Å². The van der Waals surface area contributed by atoms with E-state index in [1.54, 1.807) is 30.3 Å². The maximum absolute atomic E-state index is 11.3. The van der Waals surface area contributed by atoms with Crippen LogP contribution in [0.1, 0.15) is 22.3 Å². The number of carbonyl (C=O) groups excluding carboxylic acids is 1. The van der Waals surface area contributed by atoms with E-state index in [9.17, 15) is 9.90 Å². The molecular formula is C10H7NO3. The van der Waals surface area contributed by atoms with Crippen LogP contribution < -0.4 is 0 Å². The third kappa shape index (κ3) is 1.07. The average Bonchev–Trinajstić information content (AvgIpc) is 2.41. The lowest BCUT2D eigenvalue weighted by Crippen LogP contribution is -2.24. The number of fused-ring (bicyclic) bond motifs is 1. The Morgan fingerprint density at radius 1 is 1.50 bits per heavy atom. The van der Waals surface area contributed by atoms with Gasteiger partial charge in [-0.1, -0.05) is 18.2 Å². The van der Waals surface area contributed by atoms with Crippen molar-refractivity contribution in [2.24, 2.45) is 0 Å². The summed E-state index contributed by atoms with van der Waals surface area (Å²) in [5.74, 6) is -2.35. The van der Waals surface area contributed by atoms with Gasteiger partial charge < -0.3 is 9.84 Å². The lowest BCUT2D eigenvalue weighted by Gasteiger charge is -2.18.